The van der Waals surface area contributed by atoms with Gasteiger partial charge in [-0.15, -0.1) is 11.3 Å². The molecule has 1 aromatic heterocycles. The van der Waals surface area contributed by atoms with Crippen molar-refractivity contribution < 1.29 is 4.74 Å². The maximum atomic E-state index is 5.86. The Morgan fingerprint density at radius 1 is 1.14 bits per heavy atom. The molecule has 1 atom stereocenters. The molecule has 4 heteroatoms. The first kappa shape index (κ1) is 15.0. The van der Waals surface area contributed by atoms with Crippen LogP contribution in [0.15, 0.2) is 48.5 Å². The number of benzene rings is 2. The summed E-state index contributed by atoms with van der Waals surface area (Å²) >= 11 is 1.75. The molecule has 0 spiro atoms. The third-order valence-electron chi connectivity index (χ3n) is 3.61. The quantitative estimate of drug-likeness (QED) is 0.748. The maximum Gasteiger partial charge on any atom is 0.119 e. The van der Waals surface area contributed by atoms with Crippen LogP contribution in [0.2, 0.25) is 0 Å². The average molecular weight is 312 g/mol. The number of rotatable bonds is 6. The molecule has 0 radical (unpaired) electrons. The fraction of sp³-hybridized carbons (Fsp3) is 0.278. The fourth-order valence-electron chi connectivity index (χ4n) is 2.19. The number of para-hydroxylation sites is 1. The molecule has 3 rings (SSSR count). The SMILES string of the molecule is CCC(N)COc1ccc(Cc2nc3ccccc3s2)cc1. The number of fused-ring (bicyclic) bond motifs is 1. The normalized spacial score (nSPS) is 12.5. The van der Waals surface area contributed by atoms with Gasteiger partial charge in [0.25, 0.3) is 0 Å². The van der Waals surface area contributed by atoms with Gasteiger partial charge in [0.15, 0.2) is 0 Å². The zero-order valence-electron chi connectivity index (χ0n) is 12.7. The van der Waals surface area contributed by atoms with Gasteiger partial charge in [-0.05, 0) is 36.2 Å². The van der Waals surface area contributed by atoms with Crippen LogP contribution in [0.1, 0.15) is 23.9 Å². The van der Waals surface area contributed by atoms with Gasteiger partial charge < -0.3 is 10.5 Å². The summed E-state index contributed by atoms with van der Waals surface area (Å²) in [7, 11) is 0. The number of hydrogen-bond donors (Lipinski definition) is 1. The van der Waals surface area contributed by atoms with Crippen molar-refractivity contribution in [1.82, 2.24) is 4.98 Å². The molecule has 0 saturated heterocycles. The van der Waals surface area contributed by atoms with E-state index in [1.54, 1.807) is 11.3 Å². The van der Waals surface area contributed by atoms with E-state index in [1.807, 2.05) is 18.2 Å². The van der Waals surface area contributed by atoms with Gasteiger partial charge in [0.2, 0.25) is 0 Å². The lowest BCUT2D eigenvalue weighted by Gasteiger charge is -2.11. The molecule has 114 valence electrons. The van der Waals surface area contributed by atoms with Gasteiger partial charge in [0.05, 0.1) is 15.2 Å². The molecular weight excluding hydrogens is 292 g/mol. The maximum absolute atomic E-state index is 5.86. The molecule has 0 aliphatic heterocycles. The molecule has 0 aliphatic rings. The Hall–Kier alpha value is -1.91. The van der Waals surface area contributed by atoms with Crippen LogP contribution >= 0.6 is 11.3 Å². The molecule has 0 amide bonds. The van der Waals surface area contributed by atoms with Crippen molar-refractivity contribution in [2.75, 3.05) is 6.61 Å². The van der Waals surface area contributed by atoms with E-state index in [4.69, 9.17) is 10.5 Å². The third kappa shape index (κ3) is 3.64. The van der Waals surface area contributed by atoms with Crippen LogP contribution in [0.5, 0.6) is 5.75 Å². The van der Waals surface area contributed by atoms with Gasteiger partial charge in [0.1, 0.15) is 12.4 Å². The summed E-state index contributed by atoms with van der Waals surface area (Å²) in [4.78, 5) is 4.67. The Labute approximate surface area is 134 Å². The second-order valence-electron chi connectivity index (χ2n) is 5.38. The van der Waals surface area contributed by atoms with Gasteiger partial charge in [-0.25, -0.2) is 4.98 Å². The van der Waals surface area contributed by atoms with Crippen molar-refractivity contribution in [1.29, 1.82) is 0 Å². The Morgan fingerprint density at radius 2 is 1.91 bits per heavy atom. The predicted molar refractivity (Wildman–Crippen MR) is 92.6 cm³/mol. The summed E-state index contributed by atoms with van der Waals surface area (Å²) in [5.41, 5.74) is 8.18. The van der Waals surface area contributed by atoms with E-state index in [-0.39, 0.29) is 6.04 Å². The zero-order valence-corrected chi connectivity index (χ0v) is 13.5. The van der Waals surface area contributed by atoms with Gasteiger partial charge in [0, 0.05) is 12.5 Å². The monoisotopic (exact) mass is 312 g/mol. The van der Waals surface area contributed by atoms with Crippen LogP contribution in [0, 0.1) is 0 Å². The summed E-state index contributed by atoms with van der Waals surface area (Å²) in [5, 5.41) is 1.14. The summed E-state index contributed by atoms with van der Waals surface area (Å²) in [6.45, 7) is 2.63. The first-order chi connectivity index (χ1) is 10.7. The summed E-state index contributed by atoms with van der Waals surface area (Å²) in [6.07, 6.45) is 1.78. The molecule has 2 N–H and O–H groups in total. The van der Waals surface area contributed by atoms with Crippen LogP contribution < -0.4 is 10.5 Å². The number of thiazole rings is 1. The molecule has 3 nitrogen and oxygen atoms in total. The number of ether oxygens (including phenoxy) is 1. The molecule has 1 heterocycles. The van der Waals surface area contributed by atoms with E-state index in [0.29, 0.717) is 6.61 Å². The van der Waals surface area contributed by atoms with Crippen molar-refractivity contribution in [2.24, 2.45) is 5.73 Å². The number of hydrogen-bond acceptors (Lipinski definition) is 4. The van der Waals surface area contributed by atoms with Crippen LogP contribution in [0.25, 0.3) is 10.2 Å². The minimum absolute atomic E-state index is 0.0995. The van der Waals surface area contributed by atoms with Crippen molar-refractivity contribution in [2.45, 2.75) is 25.8 Å². The van der Waals surface area contributed by atoms with E-state index in [2.05, 4.69) is 42.2 Å². The Balaban J connectivity index is 1.65. The molecule has 0 fully saturated rings. The fourth-order valence-corrected chi connectivity index (χ4v) is 3.20. The highest BCUT2D eigenvalue weighted by molar-refractivity contribution is 7.18. The minimum atomic E-state index is 0.0995. The van der Waals surface area contributed by atoms with E-state index in [0.717, 1.165) is 29.1 Å². The van der Waals surface area contributed by atoms with Crippen molar-refractivity contribution in [3.8, 4) is 5.75 Å². The highest BCUT2D eigenvalue weighted by Gasteiger charge is 2.05. The molecule has 3 aromatic rings. The summed E-state index contributed by atoms with van der Waals surface area (Å²) in [6, 6.07) is 16.6. The number of aromatic nitrogens is 1. The van der Waals surface area contributed by atoms with Crippen LogP contribution in [0.4, 0.5) is 0 Å². The average Bonchev–Trinajstić information content (AvgIpc) is 2.96. The van der Waals surface area contributed by atoms with E-state index in [1.165, 1.54) is 10.3 Å². The lowest BCUT2D eigenvalue weighted by atomic mass is 10.1. The minimum Gasteiger partial charge on any atom is -0.492 e. The first-order valence-electron chi connectivity index (χ1n) is 7.56. The molecule has 2 aromatic carbocycles. The van der Waals surface area contributed by atoms with Crippen LogP contribution in [0.3, 0.4) is 0 Å². The van der Waals surface area contributed by atoms with Crippen molar-refractivity contribution in [3.63, 3.8) is 0 Å². The van der Waals surface area contributed by atoms with E-state index < -0.39 is 0 Å². The van der Waals surface area contributed by atoms with E-state index in [9.17, 15) is 0 Å². The second-order valence-corrected chi connectivity index (χ2v) is 6.49. The van der Waals surface area contributed by atoms with E-state index >= 15 is 0 Å². The van der Waals surface area contributed by atoms with Crippen LogP contribution in [-0.2, 0) is 6.42 Å². The topological polar surface area (TPSA) is 48.1 Å². The zero-order chi connectivity index (χ0) is 15.4. The standard InChI is InChI=1S/C18H20N2OS/c1-2-14(19)12-21-15-9-7-13(8-10-15)11-18-20-16-5-3-4-6-17(16)22-18/h3-10,14H,2,11-12,19H2,1H3. The van der Waals surface area contributed by atoms with Crippen molar-refractivity contribution in [3.05, 3.63) is 59.1 Å². The lowest BCUT2D eigenvalue weighted by Crippen LogP contribution is -2.26. The molecular formula is C18H20N2OS. The van der Waals surface area contributed by atoms with Gasteiger partial charge >= 0.3 is 0 Å². The highest BCUT2D eigenvalue weighted by Crippen LogP contribution is 2.24. The largest absolute Gasteiger partial charge is 0.492 e. The number of nitrogens with two attached hydrogens (primary N) is 1. The Morgan fingerprint density at radius 3 is 2.64 bits per heavy atom. The smallest absolute Gasteiger partial charge is 0.119 e. The molecule has 1 unspecified atom stereocenters. The van der Waals surface area contributed by atoms with Crippen molar-refractivity contribution >= 4 is 21.6 Å². The summed E-state index contributed by atoms with van der Waals surface area (Å²) < 4.78 is 6.92. The van der Waals surface area contributed by atoms with Gasteiger partial charge in [-0.1, -0.05) is 31.2 Å². The molecule has 0 aliphatic carbocycles. The predicted octanol–water partition coefficient (Wildman–Crippen LogP) is 4.00. The Bertz CT molecular complexity index is 703. The van der Waals surface area contributed by atoms with Gasteiger partial charge in [-0.3, -0.25) is 0 Å². The first-order valence-corrected chi connectivity index (χ1v) is 8.38. The lowest BCUT2D eigenvalue weighted by molar-refractivity contribution is 0.285. The second kappa shape index (κ2) is 6.90. The molecule has 0 saturated carbocycles. The third-order valence-corrected chi connectivity index (χ3v) is 4.64. The molecule has 0 bridgehead atoms. The van der Waals surface area contributed by atoms with Crippen LogP contribution in [-0.4, -0.2) is 17.6 Å². The van der Waals surface area contributed by atoms with Gasteiger partial charge in [-0.2, -0.15) is 0 Å². The molecule has 22 heavy (non-hydrogen) atoms. The highest BCUT2D eigenvalue weighted by atomic mass is 32.1. The number of nitrogens with zero attached hydrogens (tertiary/aromatic N) is 1. The Kier molecular flexibility index (Phi) is 4.71. The summed E-state index contributed by atoms with van der Waals surface area (Å²) in [5.74, 6) is 0.872.